The van der Waals surface area contributed by atoms with Crippen molar-refractivity contribution in [3.63, 3.8) is 0 Å². The van der Waals surface area contributed by atoms with Crippen molar-refractivity contribution in [1.29, 1.82) is 0 Å². The highest BCUT2D eigenvalue weighted by Gasteiger charge is 2.45. The first-order valence-corrected chi connectivity index (χ1v) is 14.6. The molecule has 1 nitrogen and oxygen atoms in total. The second-order valence-electron chi connectivity index (χ2n) is 12.2. The van der Waals surface area contributed by atoms with Crippen LogP contribution in [0, 0.1) is 23.7 Å². The molecule has 0 unspecified atom stereocenters. The fourth-order valence-electron chi connectivity index (χ4n) is 7.34. The van der Waals surface area contributed by atoms with Gasteiger partial charge >= 0.3 is 6.11 Å². The lowest BCUT2D eigenvalue weighted by Crippen LogP contribution is -2.38. The summed E-state index contributed by atoms with van der Waals surface area (Å²) in [5.41, 5.74) is 1.45. The van der Waals surface area contributed by atoms with Gasteiger partial charge in [0, 0.05) is 0 Å². The Bertz CT molecular complexity index is 720. The molecule has 0 aliphatic heterocycles. The first-order chi connectivity index (χ1) is 16.4. The predicted octanol–water partition coefficient (Wildman–Crippen LogP) is 10.1. The van der Waals surface area contributed by atoms with Crippen LogP contribution >= 0.6 is 0 Å². The largest absolute Gasteiger partial charge is 0.432 e. The van der Waals surface area contributed by atoms with Crippen LogP contribution in [0.1, 0.15) is 129 Å². The summed E-state index contributed by atoms with van der Waals surface area (Å²) in [6.45, 7) is 4.59. The van der Waals surface area contributed by atoms with Gasteiger partial charge in [-0.05, 0) is 92.2 Å². The summed E-state index contributed by atoms with van der Waals surface area (Å²) in [6, 6.07) is 7.58. The van der Waals surface area contributed by atoms with Crippen molar-refractivity contribution >= 4 is 0 Å². The van der Waals surface area contributed by atoms with Gasteiger partial charge in [-0.25, -0.2) is 0 Å². The molecule has 4 rings (SSSR count). The number of benzene rings is 1. The van der Waals surface area contributed by atoms with Crippen LogP contribution in [0.15, 0.2) is 24.3 Å². The molecule has 192 valence electrons. The molecule has 0 aromatic heterocycles. The van der Waals surface area contributed by atoms with Crippen LogP contribution < -0.4 is 4.74 Å². The Balaban J connectivity index is 1.23. The summed E-state index contributed by atoms with van der Waals surface area (Å²) < 4.78 is 35.5. The molecule has 3 fully saturated rings. The van der Waals surface area contributed by atoms with Crippen LogP contribution in [0.25, 0.3) is 0 Å². The van der Waals surface area contributed by atoms with Crippen molar-refractivity contribution in [2.24, 2.45) is 23.7 Å². The quantitative estimate of drug-likeness (QED) is 0.323. The van der Waals surface area contributed by atoms with Gasteiger partial charge in [0.1, 0.15) is 5.75 Å². The number of hydrogen-bond acceptors (Lipinski definition) is 1. The van der Waals surface area contributed by atoms with E-state index in [0.29, 0.717) is 24.5 Å². The third kappa shape index (κ3) is 6.55. The molecule has 0 bridgehead atoms. The number of halogens is 2. The van der Waals surface area contributed by atoms with E-state index in [9.17, 15) is 0 Å². The van der Waals surface area contributed by atoms with E-state index >= 15 is 8.78 Å². The van der Waals surface area contributed by atoms with E-state index in [-0.39, 0.29) is 5.41 Å². The fourth-order valence-corrected chi connectivity index (χ4v) is 7.34. The molecule has 0 heterocycles. The lowest BCUT2D eigenvalue weighted by Gasteiger charge is -2.39. The van der Waals surface area contributed by atoms with Crippen LogP contribution in [0.4, 0.5) is 8.78 Å². The molecule has 0 spiro atoms. The molecule has 0 radical (unpaired) electrons. The smallest absolute Gasteiger partial charge is 0.400 e. The maximum atomic E-state index is 15.1. The number of unbranched alkanes of at least 4 members (excludes halogenated alkanes) is 2. The summed E-state index contributed by atoms with van der Waals surface area (Å²) in [5.74, 6) is 2.01. The average molecular weight is 475 g/mol. The van der Waals surface area contributed by atoms with E-state index in [2.05, 4.69) is 13.8 Å². The minimum atomic E-state index is -3.07. The highest BCUT2D eigenvalue weighted by molar-refractivity contribution is 5.32. The van der Waals surface area contributed by atoms with Gasteiger partial charge in [-0.15, -0.1) is 0 Å². The highest BCUT2D eigenvalue weighted by atomic mass is 19.3. The first kappa shape index (κ1) is 26.0. The fraction of sp³-hybridized carbons (Fsp3) is 0.806. The minimum absolute atomic E-state index is 0.187. The zero-order chi connectivity index (χ0) is 24.0. The lowest BCUT2D eigenvalue weighted by molar-refractivity contribution is -0.224. The summed E-state index contributed by atoms with van der Waals surface area (Å²) in [6.07, 6.45) is 17.1. The second-order valence-corrected chi connectivity index (χ2v) is 12.2. The maximum absolute atomic E-state index is 15.1. The van der Waals surface area contributed by atoms with Crippen molar-refractivity contribution < 1.29 is 13.5 Å². The zero-order valence-electron chi connectivity index (χ0n) is 21.8. The predicted molar refractivity (Wildman–Crippen MR) is 137 cm³/mol. The molecular weight excluding hydrogens is 426 g/mol. The summed E-state index contributed by atoms with van der Waals surface area (Å²) in [5, 5.41) is 0. The standard InChI is InChI=1S/C31H48F2O/c1-3-4-6-9-24-10-12-25(13-11-24)26-14-16-28(17-15-26)31(32,33)34-29-20-18-27(19-21-29)30(2)22-7-5-8-23-30/h18-21,24-26,28H,3-17,22-23H2,1-2H3/t24-,25-,26-,28-. The molecule has 3 aliphatic rings. The van der Waals surface area contributed by atoms with Crippen LogP contribution in [0.3, 0.4) is 0 Å². The van der Waals surface area contributed by atoms with Crippen LogP contribution in [-0.2, 0) is 5.41 Å². The molecule has 0 atom stereocenters. The van der Waals surface area contributed by atoms with E-state index in [1.165, 1.54) is 89.0 Å². The molecule has 1 aromatic rings. The summed E-state index contributed by atoms with van der Waals surface area (Å²) >= 11 is 0. The van der Waals surface area contributed by atoms with E-state index in [4.69, 9.17) is 4.74 Å². The Kier molecular flexibility index (Phi) is 8.97. The van der Waals surface area contributed by atoms with Crippen LogP contribution in [0.2, 0.25) is 0 Å². The topological polar surface area (TPSA) is 9.23 Å². The van der Waals surface area contributed by atoms with Gasteiger partial charge in [-0.1, -0.05) is 83.8 Å². The summed E-state index contributed by atoms with van der Waals surface area (Å²) in [4.78, 5) is 0. The van der Waals surface area contributed by atoms with E-state index in [1.54, 1.807) is 12.1 Å². The molecular formula is C31H48F2O. The minimum Gasteiger partial charge on any atom is -0.432 e. The molecule has 3 saturated carbocycles. The molecule has 3 aliphatic carbocycles. The van der Waals surface area contributed by atoms with E-state index in [1.807, 2.05) is 12.1 Å². The Morgan fingerprint density at radius 3 is 2.00 bits per heavy atom. The average Bonchev–Trinajstić information content (AvgIpc) is 2.85. The summed E-state index contributed by atoms with van der Waals surface area (Å²) in [7, 11) is 0. The van der Waals surface area contributed by atoms with Crippen LogP contribution in [-0.4, -0.2) is 6.11 Å². The van der Waals surface area contributed by atoms with Crippen LogP contribution in [0.5, 0.6) is 5.75 Å². The second kappa shape index (κ2) is 11.7. The van der Waals surface area contributed by atoms with Crippen molar-refractivity contribution in [3.05, 3.63) is 29.8 Å². The molecule has 1 aromatic carbocycles. The molecule has 3 heteroatoms. The van der Waals surface area contributed by atoms with Gasteiger partial charge in [-0.2, -0.15) is 8.78 Å². The number of ether oxygens (including phenoxy) is 1. The van der Waals surface area contributed by atoms with Gasteiger partial charge in [-0.3, -0.25) is 0 Å². The van der Waals surface area contributed by atoms with Gasteiger partial charge in [0.15, 0.2) is 0 Å². The van der Waals surface area contributed by atoms with Gasteiger partial charge in [0.2, 0.25) is 0 Å². The Morgan fingerprint density at radius 2 is 1.41 bits per heavy atom. The number of hydrogen-bond donors (Lipinski definition) is 0. The third-order valence-corrected chi connectivity index (χ3v) is 9.78. The van der Waals surface area contributed by atoms with Crippen molar-refractivity contribution in [2.45, 2.75) is 135 Å². The van der Waals surface area contributed by atoms with E-state index < -0.39 is 12.0 Å². The normalized spacial score (nSPS) is 30.1. The Morgan fingerprint density at radius 1 is 0.824 bits per heavy atom. The maximum Gasteiger partial charge on any atom is 0.400 e. The van der Waals surface area contributed by atoms with Crippen molar-refractivity contribution in [2.75, 3.05) is 0 Å². The monoisotopic (exact) mass is 474 g/mol. The Hall–Kier alpha value is -1.12. The van der Waals surface area contributed by atoms with Gasteiger partial charge in [0.05, 0.1) is 5.92 Å². The molecule has 0 N–H and O–H groups in total. The highest BCUT2D eigenvalue weighted by Crippen LogP contribution is 2.46. The Labute approximate surface area is 207 Å². The van der Waals surface area contributed by atoms with Gasteiger partial charge in [0.25, 0.3) is 0 Å². The van der Waals surface area contributed by atoms with Crippen molar-refractivity contribution in [3.8, 4) is 5.75 Å². The van der Waals surface area contributed by atoms with E-state index in [0.717, 1.165) is 24.7 Å². The number of rotatable bonds is 9. The van der Waals surface area contributed by atoms with Gasteiger partial charge < -0.3 is 4.74 Å². The lowest BCUT2D eigenvalue weighted by atomic mass is 9.68. The third-order valence-electron chi connectivity index (χ3n) is 9.78. The zero-order valence-corrected chi connectivity index (χ0v) is 21.8. The first-order valence-electron chi connectivity index (χ1n) is 14.6. The van der Waals surface area contributed by atoms with Crippen molar-refractivity contribution in [1.82, 2.24) is 0 Å². The molecule has 34 heavy (non-hydrogen) atoms. The SMILES string of the molecule is CCCCC[C@H]1CC[C@H]([C@H]2CC[C@H](C(F)(F)Oc3ccc(C4(C)CCCCC4)cc3)CC2)CC1. The number of alkyl halides is 2. The molecule has 0 saturated heterocycles. The molecule has 0 amide bonds.